The number of hydrogen-bond acceptors (Lipinski definition) is 2. The number of carboxylic acids is 1. The van der Waals surface area contributed by atoms with E-state index < -0.39 is 5.97 Å². The van der Waals surface area contributed by atoms with E-state index in [2.05, 4.69) is 4.98 Å². The summed E-state index contributed by atoms with van der Waals surface area (Å²) in [6.07, 6.45) is 3.38. The molecule has 1 N–H and O–H groups in total. The van der Waals surface area contributed by atoms with Gasteiger partial charge in [-0.1, -0.05) is 18.2 Å². The number of carbonyl (C=O) groups is 1. The Hall–Kier alpha value is -2.16. The van der Waals surface area contributed by atoms with Gasteiger partial charge in [0.15, 0.2) is 0 Å². The lowest BCUT2D eigenvalue weighted by Crippen LogP contribution is -1.95. The number of aliphatic carboxylic acids is 1. The second-order valence-electron chi connectivity index (χ2n) is 3.55. The van der Waals surface area contributed by atoms with Crippen molar-refractivity contribution in [1.82, 2.24) is 4.98 Å². The first-order valence-corrected chi connectivity index (χ1v) is 4.94. The van der Waals surface area contributed by atoms with Crippen molar-refractivity contribution in [3.05, 3.63) is 47.7 Å². The van der Waals surface area contributed by atoms with Crippen molar-refractivity contribution < 1.29 is 9.90 Å². The Bertz CT molecular complexity index is 568. The van der Waals surface area contributed by atoms with Crippen LogP contribution in [0.4, 0.5) is 0 Å². The van der Waals surface area contributed by atoms with Gasteiger partial charge in [0.05, 0.1) is 5.52 Å². The fourth-order valence-corrected chi connectivity index (χ4v) is 1.55. The van der Waals surface area contributed by atoms with Crippen LogP contribution < -0.4 is 0 Å². The van der Waals surface area contributed by atoms with Crippen LogP contribution in [-0.2, 0) is 4.79 Å². The largest absolute Gasteiger partial charge is 0.478 e. The third kappa shape index (κ3) is 1.93. The second-order valence-corrected chi connectivity index (χ2v) is 3.55. The van der Waals surface area contributed by atoms with Gasteiger partial charge >= 0.3 is 5.97 Å². The number of hydrogen-bond donors (Lipinski definition) is 1. The van der Waals surface area contributed by atoms with Crippen molar-refractivity contribution in [1.29, 1.82) is 0 Å². The summed E-state index contributed by atoms with van der Waals surface area (Å²) in [5, 5.41) is 9.79. The van der Waals surface area contributed by atoms with E-state index in [4.69, 9.17) is 5.11 Å². The van der Waals surface area contributed by atoms with E-state index in [9.17, 15) is 4.79 Å². The second kappa shape index (κ2) is 4.14. The molecule has 1 heterocycles. The molecule has 2 aromatic rings. The zero-order valence-corrected chi connectivity index (χ0v) is 8.84. The summed E-state index contributed by atoms with van der Waals surface area (Å²) < 4.78 is 0. The molecule has 0 aliphatic rings. The van der Waals surface area contributed by atoms with Crippen LogP contribution in [0.2, 0.25) is 0 Å². The maximum absolute atomic E-state index is 10.8. The minimum absolute atomic E-state index is 0.316. The van der Waals surface area contributed by atoms with Gasteiger partial charge in [-0.2, -0.15) is 0 Å². The summed E-state index contributed by atoms with van der Waals surface area (Å²) in [5.41, 5.74) is 2.07. The SMILES string of the molecule is C/C(=C\c1cccc2ncccc12)C(=O)O. The van der Waals surface area contributed by atoms with Gasteiger partial charge in [0.2, 0.25) is 0 Å². The monoisotopic (exact) mass is 213 g/mol. The van der Waals surface area contributed by atoms with E-state index in [0.29, 0.717) is 5.57 Å². The van der Waals surface area contributed by atoms with Crippen LogP contribution in [0.1, 0.15) is 12.5 Å². The van der Waals surface area contributed by atoms with Crippen molar-refractivity contribution in [2.24, 2.45) is 0 Å². The fourth-order valence-electron chi connectivity index (χ4n) is 1.55. The Balaban J connectivity index is 2.61. The number of benzene rings is 1. The Morgan fingerprint density at radius 2 is 2.12 bits per heavy atom. The van der Waals surface area contributed by atoms with Gasteiger partial charge in [0.1, 0.15) is 0 Å². The van der Waals surface area contributed by atoms with Gasteiger partial charge in [-0.3, -0.25) is 4.98 Å². The van der Waals surface area contributed by atoms with Crippen molar-refractivity contribution in [3.63, 3.8) is 0 Å². The smallest absolute Gasteiger partial charge is 0.331 e. The molecule has 0 atom stereocenters. The van der Waals surface area contributed by atoms with E-state index in [1.807, 2.05) is 30.3 Å². The Labute approximate surface area is 93.1 Å². The van der Waals surface area contributed by atoms with Gasteiger partial charge in [0, 0.05) is 17.2 Å². The quantitative estimate of drug-likeness (QED) is 0.780. The molecule has 0 spiro atoms. The summed E-state index contributed by atoms with van der Waals surface area (Å²) in [4.78, 5) is 15.0. The van der Waals surface area contributed by atoms with Crippen LogP contribution in [0, 0.1) is 0 Å². The average molecular weight is 213 g/mol. The van der Waals surface area contributed by atoms with E-state index >= 15 is 0 Å². The number of rotatable bonds is 2. The molecular formula is C13H11NO2. The van der Waals surface area contributed by atoms with Gasteiger partial charge in [-0.25, -0.2) is 4.79 Å². The number of pyridine rings is 1. The molecule has 0 bridgehead atoms. The Morgan fingerprint density at radius 3 is 2.88 bits per heavy atom. The molecular weight excluding hydrogens is 202 g/mol. The standard InChI is InChI=1S/C13H11NO2/c1-9(13(15)16)8-10-4-2-6-12-11(10)5-3-7-14-12/h2-8H,1H3,(H,15,16)/b9-8+. The Kier molecular flexibility index (Phi) is 2.68. The molecule has 0 saturated carbocycles. The van der Waals surface area contributed by atoms with Crippen molar-refractivity contribution in [3.8, 4) is 0 Å². The number of carboxylic acid groups (broad SMARTS) is 1. The molecule has 0 aliphatic carbocycles. The molecule has 0 aliphatic heterocycles. The van der Waals surface area contributed by atoms with Crippen molar-refractivity contribution in [2.45, 2.75) is 6.92 Å². The lowest BCUT2D eigenvalue weighted by atomic mass is 10.1. The van der Waals surface area contributed by atoms with E-state index in [0.717, 1.165) is 16.5 Å². The minimum Gasteiger partial charge on any atom is -0.478 e. The highest BCUT2D eigenvalue weighted by molar-refractivity contribution is 5.96. The Morgan fingerprint density at radius 1 is 1.31 bits per heavy atom. The number of aromatic nitrogens is 1. The lowest BCUT2D eigenvalue weighted by molar-refractivity contribution is -0.132. The molecule has 16 heavy (non-hydrogen) atoms. The zero-order chi connectivity index (χ0) is 11.5. The van der Waals surface area contributed by atoms with Crippen LogP contribution >= 0.6 is 0 Å². The molecule has 1 aromatic carbocycles. The van der Waals surface area contributed by atoms with E-state index in [1.54, 1.807) is 19.2 Å². The molecule has 0 saturated heterocycles. The summed E-state index contributed by atoms with van der Waals surface area (Å²) in [5.74, 6) is -0.902. The molecule has 80 valence electrons. The highest BCUT2D eigenvalue weighted by atomic mass is 16.4. The van der Waals surface area contributed by atoms with Crippen LogP contribution in [-0.4, -0.2) is 16.1 Å². The fraction of sp³-hybridized carbons (Fsp3) is 0.0769. The first-order valence-electron chi connectivity index (χ1n) is 4.94. The highest BCUT2D eigenvalue weighted by Crippen LogP contribution is 2.18. The predicted molar refractivity (Wildman–Crippen MR) is 63.0 cm³/mol. The highest BCUT2D eigenvalue weighted by Gasteiger charge is 2.02. The molecule has 0 radical (unpaired) electrons. The lowest BCUT2D eigenvalue weighted by Gasteiger charge is -2.01. The molecule has 3 nitrogen and oxygen atoms in total. The number of nitrogens with zero attached hydrogens (tertiary/aromatic N) is 1. The van der Waals surface area contributed by atoms with Crippen molar-refractivity contribution in [2.75, 3.05) is 0 Å². The first-order chi connectivity index (χ1) is 7.68. The van der Waals surface area contributed by atoms with Crippen LogP contribution in [0.15, 0.2) is 42.1 Å². The van der Waals surface area contributed by atoms with Crippen LogP contribution in [0.5, 0.6) is 0 Å². The number of fused-ring (bicyclic) bond motifs is 1. The maximum atomic E-state index is 10.8. The molecule has 0 amide bonds. The zero-order valence-electron chi connectivity index (χ0n) is 8.84. The van der Waals surface area contributed by atoms with Gasteiger partial charge in [-0.05, 0) is 30.7 Å². The summed E-state index contributed by atoms with van der Waals surface area (Å²) in [6.45, 7) is 1.58. The summed E-state index contributed by atoms with van der Waals surface area (Å²) >= 11 is 0. The van der Waals surface area contributed by atoms with Crippen molar-refractivity contribution >= 4 is 22.9 Å². The normalized spacial score (nSPS) is 11.7. The molecule has 0 unspecified atom stereocenters. The summed E-state index contributed by atoms with van der Waals surface area (Å²) in [6, 6.07) is 9.44. The molecule has 0 fully saturated rings. The first kappa shape index (κ1) is 10.4. The van der Waals surface area contributed by atoms with Gasteiger partial charge < -0.3 is 5.11 Å². The summed E-state index contributed by atoms with van der Waals surface area (Å²) in [7, 11) is 0. The van der Waals surface area contributed by atoms with Gasteiger partial charge in [-0.15, -0.1) is 0 Å². The minimum atomic E-state index is -0.902. The topological polar surface area (TPSA) is 50.2 Å². The molecule has 1 aromatic heterocycles. The average Bonchev–Trinajstić information content (AvgIpc) is 2.29. The van der Waals surface area contributed by atoms with Gasteiger partial charge in [0.25, 0.3) is 0 Å². The van der Waals surface area contributed by atoms with E-state index in [1.165, 1.54) is 0 Å². The third-order valence-electron chi connectivity index (χ3n) is 2.39. The third-order valence-corrected chi connectivity index (χ3v) is 2.39. The van der Waals surface area contributed by atoms with Crippen LogP contribution in [0.3, 0.4) is 0 Å². The van der Waals surface area contributed by atoms with Crippen LogP contribution in [0.25, 0.3) is 17.0 Å². The molecule has 2 rings (SSSR count). The maximum Gasteiger partial charge on any atom is 0.331 e. The van der Waals surface area contributed by atoms with E-state index in [-0.39, 0.29) is 0 Å². The predicted octanol–water partition coefficient (Wildman–Crippen LogP) is 2.72. The molecule has 3 heteroatoms.